The smallest absolute Gasteiger partial charge is 0.0434 e. The molecule has 0 amide bonds. The van der Waals surface area contributed by atoms with Crippen LogP contribution in [0.5, 0.6) is 0 Å². The maximum atomic E-state index is 8.98. The molecule has 3 heteroatoms. The molecule has 20 heavy (non-hydrogen) atoms. The summed E-state index contributed by atoms with van der Waals surface area (Å²) in [5.41, 5.74) is 2.62. The van der Waals surface area contributed by atoms with E-state index >= 15 is 0 Å². The molecule has 0 spiro atoms. The first kappa shape index (κ1) is 17.0. The third-order valence-electron chi connectivity index (χ3n) is 3.94. The monoisotopic (exact) mass is 278 g/mol. The van der Waals surface area contributed by atoms with Crippen LogP contribution in [0.4, 0.5) is 5.69 Å². The molecule has 0 radical (unpaired) electrons. The first-order valence-corrected chi connectivity index (χ1v) is 7.90. The summed E-state index contributed by atoms with van der Waals surface area (Å²) >= 11 is 0. The quantitative estimate of drug-likeness (QED) is 0.690. The van der Waals surface area contributed by atoms with E-state index in [0.717, 1.165) is 39.0 Å². The Kier molecular flexibility index (Phi) is 8.31. The van der Waals surface area contributed by atoms with Crippen LogP contribution in [0.3, 0.4) is 0 Å². The Morgan fingerprint density at radius 1 is 1.10 bits per heavy atom. The van der Waals surface area contributed by atoms with Crippen LogP contribution < -0.4 is 10.2 Å². The van der Waals surface area contributed by atoms with Crippen LogP contribution in [0.1, 0.15) is 39.2 Å². The molecular formula is C17H30N2O. The van der Waals surface area contributed by atoms with Crippen molar-refractivity contribution in [2.75, 3.05) is 31.1 Å². The van der Waals surface area contributed by atoms with E-state index in [2.05, 4.69) is 55.3 Å². The molecule has 0 saturated carbocycles. The summed E-state index contributed by atoms with van der Waals surface area (Å²) in [6.07, 6.45) is 2.01. The lowest BCUT2D eigenvalue weighted by Gasteiger charge is -2.21. The van der Waals surface area contributed by atoms with Gasteiger partial charge in [0.2, 0.25) is 0 Å². The number of nitrogens with zero attached hydrogens (tertiary/aromatic N) is 1. The molecule has 0 aliphatic heterocycles. The predicted octanol–water partition coefficient (Wildman–Crippen LogP) is 3.03. The fourth-order valence-corrected chi connectivity index (χ4v) is 2.47. The maximum absolute atomic E-state index is 8.98. The van der Waals surface area contributed by atoms with Gasteiger partial charge < -0.3 is 15.3 Å². The van der Waals surface area contributed by atoms with E-state index in [4.69, 9.17) is 5.11 Å². The molecule has 0 aromatic heterocycles. The van der Waals surface area contributed by atoms with Gasteiger partial charge in [0.05, 0.1) is 0 Å². The lowest BCUT2D eigenvalue weighted by molar-refractivity contribution is 0.251. The molecule has 1 aromatic carbocycles. The summed E-state index contributed by atoms with van der Waals surface area (Å²) in [6, 6.07) is 8.81. The molecule has 1 rings (SSSR count). The molecule has 0 saturated heterocycles. The highest BCUT2D eigenvalue weighted by Gasteiger charge is 2.05. The molecule has 0 aliphatic rings. The minimum Gasteiger partial charge on any atom is -0.396 e. The van der Waals surface area contributed by atoms with E-state index < -0.39 is 0 Å². The second-order valence-corrected chi connectivity index (χ2v) is 5.26. The lowest BCUT2D eigenvalue weighted by atomic mass is 10.0. The van der Waals surface area contributed by atoms with Crippen molar-refractivity contribution in [2.24, 2.45) is 5.92 Å². The zero-order chi connectivity index (χ0) is 14.8. The summed E-state index contributed by atoms with van der Waals surface area (Å²) in [5.74, 6) is 0.579. The van der Waals surface area contributed by atoms with Gasteiger partial charge in [-0.2, -0.15) is 0 Å². The van der Waals surface area contributed by atoms with Gasteiger partial charge in [-0.1, -0.05) is 25.5 Å². The Balaban J connectivity index is 2.41. The van der Waals surface area contributed by atoms with Crippen LogP contribution in [0, 0.1) is 5.92 Å². The summed E-state index contributed by atoms with van der Waals surface area (Å²) in [7, 11) is 0. The van der Waals surface area contributed by atoms with E-state index in [0.29, 0.717) is 12.5 Å². The van der Waals surface area contributed by atoms with Crippen LogP contribution in [0.25, 0.3) is 0 Å². The predicted molar refractivity (Wildman–Crippen MR) is 87.2 cm³/mol. The number of nitrogens with one attached hydrogen (secondary N) is 1. The van der Waals surface area contributed by atoms with Gasteiger partial charge in [-0.05, 0) is 50.4 Å². The van der Waals surface area contributed by atoms with Crippen molar-refractivity contribution in [2.45, 2.75) is 40.2 Å². The fraction of sp³-hybridized carbons (Fsp3) is 0.647. The average molecular weight is 278 g/mol. The van der Waals surface area contributed by atoms with Crippen molar-refractivity contribution in [3.63, 3.8) is 0 Å². The summed E-state index contributed by atoms with van der Waals surface area (Å²) < 4.78 is 0. The van der Waals surface area contributed by atoms with Crippen molar-refractivity contribution in [1.82, 2.24) is 5.32 Å². The summed E-state index contributed by atoms with van der Waals surface area (Å²) in [5, 5.41) is 12.5. The molecular weight excluding hydrogens is 248 g/mol. The van der Waals surface area contributed by atoms with Gasteiger partial charge >= 0.3 is 0 Å². The van der Waals surface area contributed by atoms with Crippen molar-refractivity contribution in [3.05, 3.63) is 29.8 Å². The largest absolute Gasteiger partial charge is 0.396 e. The Hall–Kier alpha value is -1.06. The second-order valence-electron chi connectivity index (χ2n) is 5.26. The fourth-order valence-electron chi connectivity index (χ4n) is 2.47. The van der Waals surface area contributed by atoms with E-state index in [1.807, 2.05) is 0 Å². The minimum absolute atomic E-state index is 0.290. The third kappa shape index (κ3) is 5.51. The van der Waals surface area contributed by atoms with E-state index in [9.17, 15) is 0 Å². The van der Waals surface area contributed by atoms with Crippen molar-refractivity contribution in [3.8, 4) is 0 Å². The zero-order valence-corrected chi connectivity index (χ0v) is 13.2. The van der Waals surface area contributed by atoms with Crippen LogP contribution in [-0.4, -0.2) is 31.3 Å². The highest BCUT2D eigenvalue weighted by atomic mass is 16.3. The molecule has 2 N–H and O–H groups in total. The number of hydrogen-bond acceptors (Lipinski definition) is 3. The minimum atomic E-state index is 0.290. The van der Waals surface area contributed by atoms with E-state index in [1.54, 1.807) is 0 Å². The zero-order valence-electron chi connectivity index (χ0n) is 13.2. The maximum Gasteiger partial charge on any atom is 0.0434 e. The van der Waals surface area contributed by atoms with Crippen LogP contribution >= 0.6 is 0 Å². The van der Waals surface area contributed by atoms with Gasteiger partial charge in [0.25, 0.3) is 0 Å². The highest BCUT2D eigenvalue weighted by Crippen LogP contribution is 2.15. The molecule has 0 fully saturated rings. The SMILES string of the molecule is CCC(CCO)CNCc1ccc(N(CC)CC)cc1. The Labute approximate surface area is 124 Å². The lowest BCUT2D eigenvalue weighted by Crippen LogP contribution is -2.23. The number of aliphatic hydroxyl groups is 1. The Morgan fingerprint density at radius 3 is 2.25 bits per heavy atom. The Morgan fingerprint density at radius 2 is 1.75 bits per heavy atom. The summed E-state index contributed by atoms with van der Waals surface area (Å²) in [6.45, 7) is 10.8. The van der Waals surface area contributed by atoms with Crippen LogP contribution in [-0.2, 0) is 6.54 Å². The Bertz CT molecular complexity index is 347. The van der Waals surface area contributed by atoms with E-state index in [-0.39, 0.29) is 0 Å². The highest BCUT2D eigenvalue weighted by molar-refractivity contribution is 5.47. The van der Waals surface area contributed by atoms with E-state index in [1.165, 1.54) is 11.3 Å². The van der Waals surface area contributed by atoms with Gasteiger partial charge in [0.1, 0.15) is 0 Å². The van der Waals surface area contributed by atoms with Gasteiger partial charge in [0.15, 0.2) is 0 Å². The second kappa shape index (κ2) is 9.78. The molecule has 0 bridgehead atoms. The first-order valence-electron chi connectivity index (χ1n) is 7.90. The van der Waals surface area contributed by atoms with Gasteiger partial charge in [0, 0.05) is 31.9 Å². The van der Waals surface area contributed by atoms with Crippen molar-refractivity contribution in [1.29, 1.82) is 0 Å². The molecule has 3 nitrogen and oxygen atoms in total. The normalized spacial score (nSPS) is 12.4. The summed E-state index contributed by atoms with van der Waals surface area (Å²) in [4.78, 5) is 2.35. The number of hydrogen-bond donors (Lipinski definition) is 2. The van der Waals surface area contributed by atoms with Crippen molar-refractivity contribution < 1.29 is 5.11 Å². The molecule has 114 valence electrons. The third-order valence-corrected chi connectivity index (χ3v) is 3.94. The standard InChI is InChI=1S/C17H30N2O/c1-4-15(11-12-20)13-18-14-16-7-9-17(10-8-16)19(5-2)6-3/h7-10,15,18,20H,4-6,11-14H2,1-3H3. The molecule has 0 heterocycles. The molecule has 1 atom stereocenters. The van der Waals surface area contributed by atoms with Gasteiger partial charge in [-0.15, -0.1) is 0 Å². The van der Waals surface area contributed by atoms with Gasteiger partial charge in [-0.25, -0.2) is 0 Å². The van der Waals surface area contributed by atoms with Crippen LogP contribution in [0.15, 0.2) is 24.3 Å². The topological polar surface area (TPSA) is 35.5 Å². The first-order chi connectivity index (χ1) is 9.74. The van der Waals surface area contributed by atoms with Crippen LogP contribution in [0.2, 0.25) is 0 Å². The number of benzene rings is 1. The average Bonchev–Trinajstić information content (AvgIpc) is 2.49. The number of aliphatic hydroxyl groups excluding tert-OH is 1. The molecule has 0 aliphatic carbocycles. The van der Waals surface area contributed by atoms with Crippen molar-refractivity contribution >= 4 is 5.69 Å². The van der Waals surface area contributed by atoms with Gasteiger partial charge in [-0.3, -0.25) is 0 Å². The number of anilines is 1. The number of rotatable bonds is 10. The molecule has 1 unspecified atom stereocenters. The molecule has 1 aromatic rings.